The highest BCUT2D eigenvalue weighted by Gasteiger charge is 2.68. The molecule has 4 rings (SSSR count). The Kier molecular flexibility index (Phi) is 3.67. The summed E-state index contributed by atoms with van der Waals surface area (Å²) in [6.45, 7) is 8.61. The molecule has 4 heteroatoms. The molecule has 3 saturated carbocycles. The second kappa shape index (κ2) is 5.31. The maximum absolute atomic E-state index is 12.0. The summed E-state index contributed by atoms with van der Waals surface area (Å²) in [5.41, 5.74) is 0.0611. The summed E-state index contributed by atoms with van der Waals surface area (Å²) in [7, 11) is 0. The maximum atomic E-state index is 12.0. The molecule has 0 saturated heterocycles. The predicted molar refractivity (Wildman–Crippen MR) is 98.3 cm³/mol. The minimum atomic E-state index is -0.718. The van der Waals surface area contributed by atoms with Crippen LogP contribution in [0.2, 0.25) is 0 Å². The number of carboxylic acid groups (broad SMARTS) is 1. The lowest BCUT2D eigenvalue weighted by Gasteiger charge is -2.66. The molecule has 142 valence electrons. The summed E-state index contributed by atoms with van der Waals surface area (Å²) >= 11 is 0. The van der Waals surface area contributed by atoms with Crippen molar-refractivity contribution in [3.63, 3.8) is 0 Å². The second-order valence-electron chi connectivity index (χ2n) is 9.86. The average Bonchev–Trinajstić information content (AvgIpc) is 2.89. The number of carboxylic acids is 1. The van der Waals surface area contributed by atoms with Crippen molar-refractivity contribution in [2.75, 3.05) is 0 Å². The summed E-state index contributed by atoms with van der Waals surface area (Å²) in [4.78, 5) is 23.9. The molecule has 3 fully saturated rings. The quantitative estimate of drug-likeness (QED) is 0.751. The third kappa shape index (κ3) is 1.94. The first-order valence-corrected chi connectivity index (χ1v) is 9.92. The van der Waals surface area contributed by atoms with E-state index >= 15 is 0 Å². The minimum absolute atomic E-state index is 0.0355. The number of allylic oxidation sites excluding steroid dienone is 4. The second-order valence-corrected chi connectivity index (χ2v) is 9.86. The van der Waals surface area contributed by atoms with Crippen LogP contribution >= 0.6 is 0 Å². The van der Waals surface area contributed by atoms with E-state index in [0.29, 0.717) is 18.8 Å². The van der Waals surface area contributed by atoms with Crippen LogP contribution in [0.1, 0.15) is 53.4 Å². The van der Waals surface area contributed by atoms with Crippen LogP contribution in [0.15, 0.2) is 23.8 Å². The number of ketones is 1. The van der Waals surface area contributed by atoms with E-state index in [1.54, 1.807) is 12.2 Å². The van der Waals surface area contributed by atoms with Crippen molar-refractivity contribution in [2.24, 2.45) is 39.9 Å². The first-order chi connectivity index (χ1) is 12.1. The number of carbonyl (C=O) groups excluding carboxylic acids is 1. The number of fused-ring (bicyclic) bond motifs is 5. The Morgan fingerprint density at radius 1 is 1.19 bits per heavy atom. The molecule has 0 radical (unpaired) electrons. The summed E-state index contributed by atoms with van der Waals surface area (Å²) < 4.78 is 0. The first-order valence-electron chi connectivity index (χ1n) is 9.92. The van der Waals surface area contributed by atoms with Crippen LogP contribution in [0, 0.1) is 39.9 Å². The fourth-order valence-electron chi connectivity index (χ4n) is 7.41. The molecule has 0 aliphatic heterocycles. The van der Waals surface area contributed by atoms with Crippen LogP contribution < -0.4 is 0 Å². The molecule has 6 unspecified atom stereocenters. The zero-order valence-electron chi connectivity index (χ0n) is 16.2. The van der Waals surface area contributed by atoms with E-state index in [1.807, 2.05) is 6.08 Å². The molecule has 0 aromatic heterocycles. The third-order valence-corrected chi connectivity index (χ3v) is 9.02. The minimum Gasteiger partial charge on any atom is -0.481 e. The Labute approximate surface area is 155 Å². The SMILES string of the molecule is C[C@H]1CC2C3CCC(C(=O)O)C3(C)CC(O)[C@]2(C)C2(C)C=CC(=O)C=C12. The van der Waals surface area contributed by atoms with Crippen LogP contribution in [-0.2, 0) is 9.59 Å². The van der Waals surface area contributed by atoms with Gasteiger partial charge in [-0.2, -0.15) is 0 Å². The molecule has 4 nitrogen and oxygen atoms in total. The van der Waals surface area contributed by atoms with Gasteiger partial charge in [0.25, 0.3) is 0 Å². The molecule has 8 atom stereocenters. The Balaban J connectivity index is 1.84. The molecule has 0 bridgehead atoms. The predicted octanol–water partition coefficient (Wildman–Crippen LogP) is 3.60. The molecule has 0 aromatic carbocycles. The molecule has 2 N–H and O–H groups in total. The molecular weight excluding hydrogens is 328 g/mol. The highest BCUT2D eigenvalue weighted by atomic mass is 16.4. The van der Waals surface area contributed by atoms with E-state index in [1.165, 1.54) is 0 Å². The smallest absolute Gasteiger partial charge is 0.307 e. The van der Waals surface area contributed by atoms with Crippen molar-refractivity contribution in [1.29, 1.82) is 0 Å². The summed E-state index contributed by atoms with van der Waals surface area (Å²) in [6.07, 6.45) is 7.95. The van der Waals surface area contributed by atoms with Crippen LogP contribution in [0.25, 0.3) is 0 Å². The van der Waals surface area contributed by atoms with Gasteiger partial charge in [-0.05, 0) is 61.0 Å². The third-order valence-electron chi connectivity index (χ3n) is 9.02. The number of carbonyl (C=O) groups is 2. The lowest BCUT2D eigenvalue weighted by atomic mass is 9.39. The van der Waals surface area contributed by atoms with Gasteiger partial charge >= 0.3 is 5.97 Å². The van der Waals surface area contributed by atoms with Crippen LogP contribution in [0.3, 0.4) is 0 Å². The van der Waals surface area contributed by atoms with Gasteiger partial charge < -0.3 is 10.2 Å². The number of aliphatic carboxylic acids is 1. The van der Waals surface area contributed by atoms with Gasteiger partial charge in [-0.25, -0.2) is 0 Å². The maximum Gasteiger partial charge on any atom is 0.307 e. The molecule has 0 heterocycles. The number of aliphatic hydroxyl groups excluding tert-OH is 1. The lowest BCUT2D eigenvalue weighted by Crippen LogP contribution is -2.64. The average molecular weight is 358 g/mol. The van der Waals surface area contributed by atoms with E-state index in [2.05, 4.69) is 27.7 Å². The van der Waals surface area contributed by atoms with E-state index in [0.717, 1.165) is 18.4 Å². The molecule has 0 spiro atoms. The largest absolute Gasteiger partial charge is 0.481 e. The van der Waals surface area contributed by atoms with Crippen molar-refractivity contribution in [3.8, 4) is 0 Å². The van der Waals surface area contributed by atoms with Gasteiger partial charge in [0.2, 0.25) is 0 Å². The van der Waals surface area contributed by atoms with E-state index in [9.17, 15) is 19.8 Å². The number of hydrogen-bond acceptors (Lipinski definition) is 3. The Bertz CT molecular complexity index is 736. The molecule has 4 aliphatic rings. The van der Waals surface area contributed by atoms with Crippen LogP contribution in [-0.4, -0.2) is 28.1 Å². The van der Waals surface area contributed by atoms with E-state index < -0.39 is 12.1 Å². The Morgan fingerprint density at radius 2 is 1.88 bits per heavy atom. The number of rotatable bonds is 1. The molecule has 0 amide bonds. The van der Waals surface area contributed by atoms with Gasteiger partial charge in [0.15, 0.2) is 5.78 Å². The van der Waals surface area contributed by atoms with Gasteiger partial charge in [0.05, 0.1) is 12.0 Å². The van der Waals surface area contributed by atoms with Gasteiger partial charge in [-0.15, -0.1) is 0 Å². The molecule has 4 aliphatic carbocycles. The van der Waals surface area contributed by atoms with Gasteiger partial charge in [-0.1, -0.05) is 39.3 Å². The number of hydrogen-bond donors (Lipinski definition) is 2. The zero-order chi connectivity index (χ0) is 19.1. The monoisotopic (exact) mass is 358 g/mol. The van der Waals surface area contributed by atoms with Gasteiger partial charge in [-0.3, -0.25) is 9.59 Å². The molecule has 0 aromatic rings. The van der Waals surface area contributed by atoms with E-state index in [-0.39, 0.29) is 39.8 Å². The summed E-state index contributed by atoms with van der Waals surface area (Å²) in [5, 5.41) is 21.1. The highest BCUT2D eigenvalue weighted by molar-refractivity contribution is 6.01. The summed E-state index contributed by atoms with van der Waals surface area (Å²) in [5.74, 6) is -0.210. The summed E-state index contributed by atoms with van der Waals surface area (Å²) in [6, 6.07) is 0. The number of aliphatic hydroxyl groups is 1. The first kappa shape index (κ1) is 18.0. The molecular formula is C22H30O4. The normalized spacial score (nSPS) is 52.7. The fourth-order valence-corrected chi connectivity index (χ4v) is 7.41. The van der Waals surface area contributed by atoms with Crippen LogP contribution in [0.5, 0.6) is 0 Å². The fraction of sp³-hybridized carbons (Fsp3) is 0.727. The van der Waals surface area contributed by atoms with Crippen molar-refractivity contribution < 1.29 is 19.8 Å². The highest BCUT2D eigenvalue weighted by Crippen LogP contribution is 2.71. The van der Waals surface area contributed by atoms with E-state index in [4.69, 9.17) is 0 Å². The van der Waals surface area contributed by atoms with Crippen molar-refractivity contribution in [1.82, 2.24) is 0 Å². The standard InChI is InChI=1S/C22H30O4/c1-12-9-17-14-5-6-15(19(25)26)20(14,2)11-18(24)22(17,4)21(3)8-7-13(23)10-16(12)21/h7-8,10,12,14-15,17-18,24H,5-6,9,11H2,1-4H3,(H,25,26)/t12-,14?,15?,17?,18?,20?,21?,22+/m0/s1. The Hall–Kier alpha value is -1.42. The van der Waals surface area contributed by atoms with Crippen molar-refractivity contribution in [2.45, 2.75) is 59.5 Å². The van der Waals surface area contributed by atoms with Crippen LogP contribution in [0.4, 0.5) is 0 Å². The van der Waals surface area contributed by atoms with Gasteiger partial charge in [0.1, 0.15) is 0 Å². The van der Waals surface area contributed by atoms with Crippen molar-refractivity contribution >= 4 is 11.8 Å². The Morgan fingerprint density at radius 3 is 2.54 bits per heavy atom. The molecule has 26 heavy (non-hydrogen) atoms. The van der Waals surface area contributed by atoms with Crippen molar-refractivity contribution in [3.05, 3.63) is 23.8 Å². The van der Waals surface area contributed by atoms with Gasteiger partial charge in [0, 0.05) is 10.8 Å². The lowest BCUT2D eigenvalue weighted by molar-refractivity contribution is -0.186. The topological polar surface area (TPSA) is 74.6 Å². The zero-order valence-corrected chi connectivity index (χ0v) is 16.2.